The third-order valence-electron chi connectivity index (χ3n) is 7.91. The number of amides is 3. The Balaban J connectivity index is 5.55. The highest BCUT2D eigenvalue weighted by molar-refractivity contribution is 5.94. The first-order chi connectivity index (χ1) is 22.0. The molecule has 0 bridgehead atoms. The number of unbranched alkanes of at least 4 members (excludes halogenated alkanes) is 4. The molecule has 16 nitrogen and oxygen atoms in total. The largest absolute Gasteiger partial charge is 0.480 e. The lowest BCUT2D eigenvalue weighted by Gasteiger charge is -2.26. The molecule has 0 aliphatic heterocycles. The molecule has 0 spiro atoms. The molecule has 0 saturated carbocycles. The van der Waals surface area contributed by atoms with Gasteiger partial charge in [-0.1, -0.05) is 6.42 Å². The smallest absolute Gasteiger partial charge is 0.326 e. The maximum Gasteiger partial charge on any atom is 0.326 e. The predicted molar refractivity (Wildman–Crippen MR) is 178 cm³/mol. The van der Waals surface area contributed by atoms with Crippen LogP contribution in [0.25, 0.3) is 0 Å². The third kappa shape index (κ3) is 18.4. The summed E-state index contributed by atoms with van der Waals surface area (Å²) in [7, 11) is 0. The van der Waals surface area contributed by atoms with Gasteiger partial charge in [-0.2, -0.15) is 0 Å². The number of carboxylic acids is 1. The van der Waals surface area contributed by atoms with Crippen molar-refractivity contribution in [3.05, 3.63) is 0 Å². The van der Waals surface area contributed by atoms with Crippen LogP contribution in [0, 0.1) is 5.92 Å². The Labute approximate surface area is 273 Å². The lowest BCUT2D eigenvalue weighted by molar-refractivity contribution is -0.142. The van der Waals surface area contributed by atoms with Gasteiger partial charge in [0.15, 0.2) is 5.78 Å². The van der Waals surface area contributed by atoms with E-state index in [1.807, 2.05) is 0 Å². The zero-order chi connectivity index (χ0) is 34.9. The van der Waals surface area contributed by atoms with E-state index in [-0.39, 0.29) is 44.4 Å². The van der Waals surface area contributed by atoms with Crippen LogP contribution in [-0.4, -0.2) is 97.5 Å². The van der Waals surface area contributed by atoms with Gasteiger partial charge in [-0.05, 0) is 110 Å². The molecule has 0 aromatic carbocycles. The summed E-state index contributed by atoms with van der Waals surface area (Å²) in [5, 5.41) is 17.5. The topological polar surface area (TPSA) is 324 Å². The average Bonchev–Trinajstić information content (AvgIpc) is 3.03. The standard InChI is InChI=1S/C30H62N10O6/c31-15-5-1-9-21(36)26(41)20(19-35)13-14-22(37)27(42)38-23(10-2-6-16-32)28(43)39-24(11-3-7-17-33)29(44)40-25(30(45)46)12-4-8-18-34/h20-25H,1-19,31-37H2,(H,38,42)(H,39,43)(H,40,44)(H,45,46)/t20?,21-,22-,23-,24-,25-/m0/s1. The van der Waals surface area contributed by atoms with E-state index in [4.69, 9.17) is 40.1 Å². The van der Waals surface area contributed by atoms with Crippen LogP contribution < -0.4 is 56.1 Å². The van der Waals surface area contributed by atoms with E-state index in [0.717, 1.165) is 12.8 Å². The van der Waals surface area contributed by atoms with Gasteiger partial charge in [0.05, 0.1) is 12.1 Å². The highest BCUT2D eigenvalue weighted by atomic mass is 16.4. The van der Waals surface area contributed by atoms with E-state index >= 15 is 0 Å². The van der Waals surface area contributed by atoms with Gasteiger partial charge in [0.2, 0.25) is 17.7 Å². The molecule has 0 radical (unpaired) electrons. The Morgan fingerprint density at radius 1 is 0.478 bits per heavy atom. The summed E-state index contributed by atoms with van der Waals surface area (Å²) < 4.78 is 0. The van der Waals surface area contributed by atoms with E-state index in [2.05, 4.69) is 16.0 Å². The SMILES string of the molecule is NCCCC[C@H](NC(=O)[C@H](CCCCN)NC(=O)[C@H](CCCCN)NC(=O)[C@@H](N)CCC(CN)C(=O)[C@@H](N)CCCCN)C(=O)O. The van der Waals surface area contributed by atoms with Crippen molar-refractivity contribution in [2.45, 2.75) is 120 Å². The fourth-order valence-electron chi connectivity index (χ4n) is 4.94. The molecule has 0 heterocycles. The van der Waals surface area contributed by atoms with Gasteiger partial charge < -0.3 is 61.2 Å². The molecule has 46 heavy (non-hydrogen) atoms. The first-order valence-electron chi connectivity index (χ1n) is 16.7. The zero-order valence-corrected chi connectivity index (χ0v) is 27.4. The van der Waals surface area contributed by atoms with Crippen LogP contribution in [0.4, 0.5) is 0 Å². The number of Topliss-reactive ketones (excluding diaryl/α,β-unsaturated/α-hetero) is 1. The molecule has 1 unspecified atom stereocenters. The van der Waals surface area contributed by atoms with E-state index < -0.39 is 59.8 Å². The van der Waals surface area contributed by atoms with E-state index in [0.29, 0.717) is 71.1 Å². The van der Waals surface area contributed by atoms with Crippen LogP contribution in [0.3, 0.4) is 0 Å². The monoisotopic (exact) mass is 658 g/mol. The van der Waals surface area contributed by atoms with Crippen molar-refractivity contribution in [3.63, 3.8) is 0 Å². The lowest BCUT2D eigenvalue weighted by Crippen LogP contribution is -2.57. The molecular weight excluding hydrogens is 596 g/mol. The molecule has 0 saturated heterocycles. The molecule has 0 aliphatic rings. The van der Waals surface area contributed by atoms with Crippen molar-refractivity contribution in [2.75, 3.05) is 32.7 Å². The fourth-order valence-corrected chi connectivity index (χ4v) is 4.94. The Hall–Kier alpha value is -2.73. The average molecular weight is 659 g/mol. The second kappa shape index (κ2) is 26.4. The minimum atomic E-state index is -1.19. The number of carbonyl (C=O) groups is 5. The van der Waals surface area contributed by atoms with Gasteiger partial charge in [-0.15, -0.1) is 0 Å². The van der Waals surface area contributed by atoms with Crippen molar-refractivity contribution in [1.29, 1.82) is 0 Å². The Morgan fingerprint density at radius 2 is 0.870 bits per heavy atom. The predicted octanol–water partition coefficient (Wildman–Crippen LogP) is -2.38. The molecular formula is C30H62N10O6. The normalized spacial score (nSPS) is 15.2. The molecule has 0 fully saturated rings. The number of carboxylic acid groups (broad SMARTS) is 1. The quantitative estimate of drug-likeness (QED) is 0.0374. The second-order valence-electron chi connectivity index (χ2n) is 11.8. The van der Waals surface area contributed by atoms with E-state index in [1.165, 1.54) is 0 Å². The van der Waals surface area contributed by atoms with Gasteiger partial charge >= 0.3 is 5.97 Å². The van der Waals surface area contributed by atoms with Gasteiger partial charge in [-0.25, -0.2) is 4.79 Å². The van der Waals surface area contributed by atoms with Crippen LogP contribution in [0.5, 0.6) is 0 Å². The van der Waals surface area contributed by atoms with Crippen LogP contribution in [0.2, 0.25) is 0 Å². The molecule has 0 aromatic heterocycles. The van der Waals surface area contributed by atoms with Gasteiger partial charge in [-0.3, -0.25) is 19.2 Å². The molecule has 18 N–H and O–H groups in total. The summed E-state index contributed by atoms with van der Waals surface area (Å²) in [6, 6.07) is -4.93. The Kier molecular flexibility index (Phi) is 24.8. The molecule has 0 rings (SSSR count). The van der Waals surface area contributed by atoms with E-state index in [9.17, 15) is 29.1 Å². The van der Waals surface area contributed by atoms with Crippen LogP contribution in [0.1, 0.15) is 89.9 Å². The minimum absolute atomic E-state index is 0.0608. The zero-order valence-electron chi connectivity index (χ0n) is 27.4. The maximum atomic E-state index is 13.4. The first kappa shape index (κ1) is 43.3. The summed E-state index contributed by atoms with van der Waals surface area (Å²) in [6.07, 6.45) is 6.33. The molecule has 268 valence electrons. The Morgan fingerprint density at radius 3 is 1.28 bits per heavy atom. The number of ketones is 1. The molecule has 3 amide bonds. The van der Waals surface area contributed by atoms with Crippen molar-refractivity contribution in [2.24, 2.45) is 46.1 Å². The van der Waals surface area contributed by atoms with Gasteiger partial charge in [0.25, 0.3) is 0 Å². The first-order valence-corrected chi connectivity index (χ1v) is 16.7. The summed E-state index contributed by atoms with van der Waals surface area (Å²) >= 11 is 0. The Bertz CT molecular complexity index is 896. The summed E-state index contributed by atoms with van der Waals surface area (Å²) in [6.45, 7) is 1.74. The third-order valence-corrected chi connectivity index (χ3v) is 7.91. The molecule has 6 atom stereocenters. The number of carbonyl (C=O) groups excluding carboxylic acids is 4. The second-order valence-corrected chi connectivity index (χ2v) is 11.8. The fraction of sp³-hybridized carbons (Fsp3) is 0.833. The summed E-state index contributed by atoms with van der Waals surface area (Å²) in [4.78, 5) is 64.2. The van der Waals surface area contributed by atoms with Crippen LogP contribution in [-0.2, 0) is 24.0 Å². The minimum Gasteiger partial charge on any atom is -0.480 e. The van der Waals surface area contributed by atoms with Crippen LogP contribution in [0.15, 0.2) is 0 Å². The van der Waals surface area contributed by atoms with Crippen molar-refractivity contribution in [1.82, 2.24) is 16.0 Å². The number of rotatable bonds is 29. The number of nitrogens with one attached hydrogen (secondary N) is 3. The highest BCUT2D eigenvalue weighted by Crippen LogP contribution is 2.14. The number of hydrogen-bond acceptors (Lipinski definition) is 12. The van der Waals surface area contributed by atoms with E-state index in [1.54, 1.807) is 0 Å². The molecule has 0 aromatic rings. The van der Waals surface area contributed by atoms with Gasteiger partial charge in [0.1, 0.15) is 18.1 Å². The number of nitrogens with two attached hydrogens (primary N) is 7. The molecule has 0 aliphatic carbocycles. The van der Waals surface area contributed by atoms with Gasteiger partial charge in [0, 0.05) is 12.5 Å². The molecule has 16 heteroatoms. The van der Waals surface area contributed by atoms with Crippen molar-refractivity contribution >= 4 is 29.5 Å². The van der Waals surface area contributed by atoms with Crippen molar-refractivity contribution < 1.29 is 29.1 Å². The maximum absolute atomic E-state index is 13.4. The number of hydrogen-bond donors (Lipinski definition) is 11. The highest BCUT2D eigenvalue weighted by Gasteiger charge is 2.31. The number of aliphatic carboxylic acids is 1. The summed E-state index contributed by atoms with van der Waals surface area (Å²) in [5.41, 5.74) is 40.3. The lowest BCUT2D eigenvalue weighted by atomic mass is 9.90. The summed E-state index contributed by atoms with van der Waals surface area (Å²) in [5.74, 6) is -3.79. The van der Waals surface area contributed by atoms with Crippen LogP contribution >= 0.6 is 0 Å². The van der Waals surface area contributed by atoms with Crippen molar-refractivity contribution in [3.8, 4) is 0 Å².